The Balaban J connectivity index is 1.27. The van der Waals surface area contributed by atoms with Crippen LogP contribution in [0.1, 0.15) is 24.9 Å². The summed E-state index contributed by atoms with van der Waals surface area (Å²) < 4.78 is 5.43. The molecule has 2 aromatic rings. The maximum atomic E-state index is 11.4. The number of thioether (sulfide) groups is 1. The molecule has 152 valence electrons. The zero-order valence-corrected chi connectivity index (χ0v) is 17.2. The number of ether oxygens (including phenoxy) is 1. The van der Waals surface area contributed by atoms with Crippen LogP contribution >= 0.6 is 11.8 Å². The number of nitrogens with one attached hydrogen (secondary N) is 2. The fourth-order valence-electron chi connectivity index (χ4n) is 4.17. The van der Waals surface area contributed by atoms with Gasteiger partial charge in [0.1, 0.15) is 5.69 Å². The summed E-state index contributed by atoms with van der Waals surface area (Å²) in [5.41, 5.74) is 3.18. The third kappa shape index (κ3) is 3.60. The second-order valence-corrected chi connectivity index (χ2v) is 8.41. The lowest BCUT2D eigenvalue weighted by Crippen LogP contribution is -2.48. The van der Waals surface area contributed by atoms with Crippen LogP contribution < -0.4 is 20.3 Å². The molecule has 3 aliphatic rings. The van der Waals surface area contributed by atoms with Gasteiger partial charge in [0, 0.05) is 42.8 Å². The molecule has 1 amide bonds. The van der Waals surface area contributed by atoms with Gasteiger partial charge in [0.25, 0.3) is 5.91 Å². The first-order chi connectivity index (χ1) is 14.2. The van der Waals surface area contributed by atoms with Crippen molar-refractivity contribution in [2.75, 3.05) is 54.2 Å². The number of rotatable bonds is 4. The molecule has 1 aromatic carbocycles. The van der Waals surface area contributed by atoms with Crippen LogP contribution in [0.3, 0.4) is 0 Å². The molecule has 0 saturated carbocycles. The monoisotopic (exact) mass is 412 g/mol. The maximum absolute atomic E-state index is 11.4. The second kappa shape index (κ2) is 7.72. The number of carbonyl (C=O) groups excluding carboxylic acids is 1. The highest BCUT2D eigenvalue weighted by atomic mass is 32.2. The van der Waals surface area contributed by atoms with Gasteiger partial charge in [0.15, 0.2) is 6.61 Å². The zero-order valence-electron chi connectivity index (χ0n) is 16.4. The lowest BCUT2D eigenvalue weighted by atomic mass is 10.0. The Kier molecular flexibility index (Phi) is 4.92. The van der Waals surface area contributed by atoms with Crippen LogP contribution in [0, 0.1) is 0 Å². The third-order valence-corrected chi connectivity index (χ3v) is 6.61. The van der Waals surface area contributed by atoms with Gasteiger partial charge in [0.2, 0.25) is 11.8 Å². The van der Waals surface area contributed by atoms with Crippen LogP contribution in [0.5, 0.6) is 5.88 Å². The molecule has 0 aliphatic carbocycles. The quantitative estimate of drug-likeness (QED) is 0.793. The SMILES string of the molecule is CCC(c1ccc2c(c1)NCS2)N1CCN(c2ncc3c(n2)OCC(=O)N3)CC1. The number of hydrogen-bond acceptors (Lipinski definition) is 8. The molecule has 0 bridgehead atoms. The molecule has 1 unspecified atom stereocenters. The lowest BCUT2D eigenvalue weighted by molar-refractivity contribution is -0.118. The van der Waals surface area contributed by atoms with E-state index in [1.807, 2.05) is 11.8 Å². The third-order valence-electron chi connectivity index (χ3n) is 5.66. The highest BCUT2D eigenvalue weighted by molar-refractivity contribution is 7.99. The molecular formula is C20H24N6O2S. The minimum absolute atomic E-state index is 0.00352. The van der Waals surface area contributed by atoms with E-state index in [0.29, 0.717) is 23.6 Å². The van der Waals surface area contributed by atoms with E-state index in [1.165, 1.54) is 16.1 Å². The van der Waals surface area contributed by atoms with E-state index in [4.69, 9.17) is 4.74 Å². The molecule has 2 N–H and O–H groups in total. The molecular weight excluding hydrogens is 388 g/mol. The first-order valence-electron chi connectivity index (χ1n) is 10.0. The van der Waals surface area contributed by atoms with Crippen molar-refractivity contribution in [1.29, 1.82) is 0 Å². The van der Waals surface area contributed by atoms with E-state index < -0.39 is 0 Å². The summed E-state index contributed by atoms with van der Waals surface area (Å²) in [6, 6.07) is 7.25. The highest BCUT2D eigenvalue weighted by Crippen LogP contribution is 2.37. The molecule has 29 heavy (non-hydrogen) atoms. The number of piperazine rings is 1. The Morgan fingerprint density at radius 2 is 2.10 bits per heavy atom. The van der Waals surface area contributed by atoms with E-state index >= 15 is 0 Å². The van der Waals surface area contributed by atoms with Crippen LogP contribution in [0.4, 0.5) is 17.3 Å². The summed E-state index contributed by atoms with van der Waals surface area (Å²) in [7, 11) is 0. The fourth-order valence-corrected chi connectivity index (χ4v) is 5.01. The van der Waals surface area contributed by atoms with Gasteiger partial charge in [-0.1, -0.05) is 13.0 Å². The van der Waals surface area contributed by atoms with Gasteiger partial charge in [-0.05, 0) is 24.1 Å². The average molecular weight is 413 g/mol. The number of carbonyl (C=O) groups is 1. The van der Waals surface area contributed by atoms with Crippen molar-refractivity contribution < 1.29 is 9.53 Å². The summed E-state index contributed by atoms with van der Waals surface area (Å²) in [6.07, 6.45) is 2.71. The zero-order chi connectivity index (χ0) is 19.8. The van der Waals surface area contributed by atoms with Gasteiger partial charge >= 0.3 is 0 Å². The van der Waals surface area contributed by atoms with Crippen molar-refractivity contribution in [3.63, 3.8) is 0 Å². The minimum Gasteiger partial charge on any atom is -0.466 e. The maximum Gasteiger partial charge on any atom is 0.262 e. The number of benzene rings is 1. The molecule has 1 atom stereocenters. The van der Waals surface area contributed by atoms with Crippen LogP contribution in [0.2, 0.25) is 0 Å². The molecule has 0 radical (unpaired) electrons. The Morgan fingerprint density at radius 1 is 1.24 bits per heavy atom. The van der Waals surface area contributed by atoms with E-state index in [0.717, 1.165) is 38.5 Å². The van der Waals surface area contributed by atoms with Crippen molar-refractivity contribution in [2.45, 2.75) is 24.3 Å². The lowest BCUT2D eigenvalue weighted by Gasteiger charge is -2.39. The van der Waals surface area contributed by atoms with Gasteiger partial charge in [0.05, 0.1) is 12.1 Å². The van der Waals surface area contributed by atoms with Gasteiger partial charge in [-0.15, -0.1) is 11.8 Å². The van der Waals surface area contributed by atoms with E-state index in [2.05, 4.69) is 55.5 Å². The number of hydrogen-bond donors (Lipinski definition) is 2. The number of fused-ring (bicyclic) bond motifs is 2. The molecule has 1 saturated heterocycles. The topological polar surface area (TPSA) is 82.6 Å². The van der Waals surface area contributed by atoms with Crippen molar-refractivity contribution in [1.82, 2.24) is 14.9 Å². The highest BCUT2D eigenvalue weighted by Gasteiger charge is 2.27. The van der Waals surface area contributed by atoms with Crippen molar-refractivity contribution in [2.24, 2.45) is 0 Å². The molecule has 1 fully saturated rings. The summed E-state index contributed by atoms with van der Waals surface area (Å²) in [5, 5.41) is 6.19. The Labute approximate surface area is 174 Å². The van der Waals surface area contributed by atoms with Gasteiger partial charge in [-0.2, -0.15) is 4.98 Å². The molecule has 9 heteroatoms. The molecule has 1 aromatic heterocycles. The predicted octanol–water partition coefficient (Wildman–Crippen LogP) is 2.56. The molecule has 3 aliphatic heterocycles. The second-order valence-electron chi connectivity index (χ2n) is 7.39. The Morgan fingerprint density at radius 3 is 2.93 bits per heavy atom. The average Bonchev–Trinajstić information content (AvgIpc) is 3.22. The smallest absolute Gasteiger partial charge is 0.262 e. The number of nitrogens with zero attached hydrogens (tertiary/aromatic N) is 4. The summed E-state index contributed by atoms with van der Waals surface area (Å²) in [6.45, 7) is 5.89. The summed E-state index contributed by atoms with van der Waals surface area (Å²) in [4.78, 5) is 26.4. The van der Waals surface area contributed by atoms with Gasteiger partial charge in [-0.3, -0.25) is 9.69 Å². The minimum atomic E-state index is -0.173. The normalized spacial score (nSPS) is 19.6. The molecule has 0 spiro atoms. The summed E-state index contributed by atoms with van der Waals surface area (Å²) >= 11 is 1.86. The molecule has 4 heterocycles. The van der Waals surface area contributed by atoms with Crippen LogP contribution in [-0.4, -0.2) is 59.4 Å². The van der Waals surface area contributed by atoms with Crippen LogP contribution in [-0.2, 0) is 4.79 Å². The standard InChI is InChI=1S/C20H24N6O2S/c1-2-16(13-3-4-17-14(9-13)22-12-29-17)25-5-7-26(8-6-25)20-21-10-15-19(24-20)28-11-18(27)23-15/h3-4,9-10,16,22H,2,5-8,11-12H2,1H3,(H,23,27). The predicted molar refractivity (Wildman–Crippen MR) is 114 cm³/mol. The number of aromatic nitrogens is 2. The fraction of sp³-hybridized carbons (Fsp3) is 0.450. The largest absolute Gasteiger partial charge is 0.466 e. The van der Waals surface area contributed by atoms with Crippen LogP contribution in [0.15, 0.2) is 29.3 Å². The van der Waals surface area contributed by atoms with Gasteiger partial charge < -0.3 is 20.3 Å². The van der Waals surface area contributed by atoms with Crippen molar-refractivity contribution in [3.8, 4) is 5.88 Å². The van der Waals surface area contributed by atoms with Crippen molar-refractivity contribution in [3.05, 3.63) is 30.0 Å². The van der Waals surface area contributed by atoms with Gasteiger partial charge in [-0.25, -0.2) is 4.98 Å². The first kappa shape index (κ1) is 18.5. The van der Waals surface area contributed by atoms with Crippen molar-refractivity contribution >= 4 is 35.0 Å². The molecule has 8 nitrogen and oxygen atoms in total. The van der Waals surface area contributed by atoms with E-state index in [1.54, 1.807) is 6.20 Å². The Bertz CT molecular complexity index is 931. The first-order valence-corrected chi connectivity index (χ1v) is 11.0. The Hall–Kier alpha value is -2.52. The van der Waals surface area contributed by atoms with E-state index in [-0.39, 0.29) is 12.5 Å². The van der Waals surface area contributed by atoms with Crippen LogP contribution in [0.25, 0.3) is 0 Å². The number of anilines is 3. The number of amides is 1. The molecule has 5 rings (SSSR count). The summed E-state index contributed by atoms with van der Waals surface area (Å²) in [5.74, 6) is 1.90. The van der Waals surface area contributed by atoms with E-state index in [9.17, 15) is 4.79 Å².